The molecule has 0 saturated carbocycles. The second-order valence-electron chi connectivity index (χ2n) is 4.29. The van der Waals surface area contributed by atoms with E-state index in [-0.39, 0.29) is 0 Å². The first kappa shape index (κ1) is 11.4. The molecule has 0 amide bonds. The van der Waals surface area contributed by atoms with E-state index in [9.17, 15) is 0 Å². The largest absolute Gasteiger partial charge is 0.384 e. The predicted molar refractivity (Wildman–Crippen MR) is 64.1 cm³/mol. The number of nitrogens with two attached hydrogens (primary N) is 2. The van der Waals surface area contributed by atoms with Crippen LogP contribution < -0.4 is 11.5 Å². The smallest absolute Gasteiger partial charge is 0.123 e. The summed E-state index contributed by atoms with van der Waals surface area (Å²) in [6, 6.07) is 1.98. The molecule has 0 aliphatic carbocycles. The van der Waals surface area contributed by atoms with E-state index >= 15 is 0 Å². The van der Waals surface area contributed by atoms with Crippen LogP contribution in [-0.2, 0) is 11.3 Å². The van der Waals surface area contributed by atoms with Crippen molar-refractivity contribution in [2.75, 3.05) is 18.9 Å². The summed E-state index contributed by atoms with van der Waals surface area (Å²) < 4.78 is 5.38. The van der Waals surface area contributed by atoms with Crippen LogP contribution >= 0.6 is 0 Å². The van der Waals surface area contributed by atoms with Gasteiger partial charge in [0.2, 0.25) is 0 Å². The lowest BCUT2D eigenvalue weighted by Gasteiger charge is -2.25. The SMILES string of the molecule is Cc1nc(N)cc(C2CCOCC2)c1CN. The fourth-order valence-corrected chi connectivity index (χ4v) is 2.39. The van der Waals surface area contributed by atoms with Crippen molar-refractivity contribution in [1.29, 1.82) is 0 Å². The highest BCUT2D eigenvalue weighted by Crippen LogP contribution is 2.31. The van der Waals surface area contributed by atoms with Gasteiger partial charge in [0.25, 0.3) is 0 Å². The number of nitrogen functional groups attached to an aromatic ring is 1. The minimum absolute atomic E-state index is 0.524. The van der Waals surface area contributed by atoms with Gasteiger partial charge in [0, 0.05) is 25.5 Å². The normalized spacial score (nSPS) is 17.6. The minimum Gasteiger partial charge on any atom is -0.384 e. The molecule has 88 valence electrons. The molecule has 4 heteroatoms. The number of aromatic nitrogens is 1. The Bertz CT molecular complexity index is 373. The van der Waals surface area contributed by atoms with Crippen molar-refractivity contribution in [3.05, 3.63) is 22.9 Å². The fourth-order valence-electron chi connectivity index (χ4n) is 2.39. The van der Waals surface area contributed by atoms with Gasteiger partial charge in [0.1, 0.15) is 5.82 Å². The van der Waals surface area contributed by atoms with E-state index < -0.39 is 0 Å². The van der Waals surface area contributed by atoms with Gasteiger partial charge < -0.3 is 16.2 Å². The number of ether oxygens (including phenoxy) is 1. The topological polar surface area (TPSA) is 74.2 Å². The second-order valence-corrected chi connectivity index (χ2v) is 4.29. The Hall–Kier alpha value is -1.13. The molecule has 1 aliphatic heterocycles. The van der Waals surface area contributed by atoms with Crippen molar-refractivity contribution in [3.63, 3.8) is 0 Å². The third-order valence-electron chi connectivity index (χ3n) is 3.25. The molecule has 2 rings (SSSR count). The standard InChI is InChI=1S/C12H19N3O/c1-8-11(7-13)10(6-12(14)15-8)9-2-4-16-5-3-9/h6,9H,2-5,7,13H2,1H3,(H2,14,15). The van der Waals surface area contributed by atoms with Crippen LogP contribution in [0.15, 0.2) is 6.07 Å². The van der Waals surface area contributed by atoms with E-state index in [4.69, 9.17) is 16.2 Å². The summed E-state index contributed by atoms with van der Waals surface area (Å²) in [4.78, 5) is 4.27. The summed E-state index contributed by atoms with van der Waals surface area (Å²) in [6.45, 7) is 4.17. The maximum atomic E-state index is 5.81. The van der Waals surface area contributed by atoms with Gasteiger partial charge in [-0.25, -0.2) is 4.98 Å². The molecule has 4 nitrogen and oxygen atoms in total. The third-order valence-corrected chi connectivity index (χ3v) is 3.25. The maximum Gasteiger partial charge on any atom is 0.123 e. The Morgan fingerprint density at radius 3 is 2.75 bits per heavy atom. The Kier molecular flexibility index (Phi) is 3.41. The van der Waals surface area contributed by atoms with Crippen LogP contribution in [0.5, 0.6) is 0 Å². The van der Waals surface area contributed by atoms with E-state index in [0.717, 1.165) is 37.3 Å². The Labute approximate surface area is 96.0 Å². The molecule has 4 N–H and O–H groups in total. The van der Waals surface area contributed by atoms with Crippen LogP contribution in [0.4, 0.5) is 5.82 Å². The predicted octanol–water partition coefficient (Wildman–Crippen LogP) is 1.32. The lowest BCUT2D eigenvalue weighted by Crippen LogP contribution is -2.18. The molecule has 2 heterocycles. The molecule has 0 bridgehead atoms. The molecule has 1 aromatic heterocycles. The van der Waals surface area contributed by atoms with E-state index in [1.54, 1.807) is 0 Å². The van der Waals surface area contributed by atoms with Gasteiger partial charge in [-0.05, 0) is 42.9 Å². The van der Waals surface area contributed by atoms with Gasteiger partial charge in [-0.15, -0.1) is 0 Å². The number of anilines is 1. The molecule has 0 unspecified atom stereocenters. The van der Waals surface area contributed by atoms with Crippen molar-refractivity contribution in [2.24, 2.45) is 5.73 Å². The highest BCUT2D eigenvalue weighted by molar-refractivity contribution is 5.43. The van der Waals surface area contributed by atoms with Crippen LogP contribution in [0.3, 0.4) is 0 Å². The molecular formula is C12H19N3O. The van der Waals surface area contributed by atoms with Crippen LogP contribution in [0.25, 0.3) is 0 Å². The summed E-state index contributed by atoms with van der Waals surface area (Å²) in [6.07, 6.45) is 2.10. The Balaban J connectivity index is 2.36. The molecule has 1 aliphatic rings. The van der Waals surface area contributed by atoms with Crippen molar-refractivity contribution < 1.29 is 4.74 Å². The van der Waals surface area contributed by atoms with Crippen molar-refractivity contribution >= 4 is 5.82 Å². The molecule has 0 atom stereocenters. The van der Waals surface area contributed by atoms with Gasteiger partial charge in [-0.2, -0.15) is 0 Å². The molecule has 1 saturated heterocycles. The molecule has 0 radical (unpaired) electrons. The van der Waals surface area contributed by atoms with Gasteiger partial charge in [-0.1, -0.05) is 0 Å². The van der Waals surface area contributed by atoms with Gasteiger partial charge in [-0.3, -0.25) is 0 Å². The van der Waals surface area contributed by atoms with Crippen LogP contribution in [-0.4, -0.2) is 18.2 Å². The molecular weight excluding hydrogens is 202 g/mol. The van der Waals surface area contributed by atoms with Crippen molar-refractivity contribution in [3.8, 4) is 0 Å². The number of nitrogens with zero attached hydrogens (tertiary/aromatic N) is 1. The third kappa shape index (κ3) is 2.18. The Morgan fingerprint density at radius 2 is 2.12 bits per heavy atom. The summed E-state index contributed by atoms with van der Waals surface area (Å²) in [5.74, 6) is 1.12. The first-order valence-electron chi connectivity index (χ1n) is 5.76. The highest BCUT2D eigenvalue weighted by Gasteiger charge is 2.20. The number of pyridine rings is 1. The summed E-state index contributed by atoms with van der Waals surface area (Å²) in [5.41, 5.74) is 15.0. The van der Waals surface area contributed by atoms with E-state index in [2.05, 4.69) is 4.98 Å². The maximum absolute atomic E-state index is 5.81. The average molecular weight is 221 g/mol. The van der Waals surface area contributed by atoms with Crippen LogP contribution in [0.2, 0.25) is 0 Å². The summed E-state index contributed by atoms with van der Waals surface area (Å²) in [7, 11) is 0. The average Bonchev–Trinajstić information content (AvgIpc) is 2.29. The quantitative estimate of drug-likeness (QED) is 0.790. The van der Waals surface area contributed by atoms with Crippen LogP contribution in [0.1, 0.15) is 35.6 Å². The van der Waals surface area contributed by atoms with Gasteiger partial charge in [0.15, 0.2) is 0 Å². The zero-order valence-corrected chi connectivity index (χ0v) is 9.70. The van der Waals surface area contributed by atoms with Crippen molar-refractivity contribution in [2.45, 2.75) is 32.2 Å². The van der Waals surface area contributed by atoms with Crippen LogP contribution in [0, 0.1) is 6.92 Å². The molecule has 1 fully saturated rings. The first-order chi connectivity index (χ1) is 7.72. The number of rotatable bonds is 2. The monoisotopic (exact) mass is 221 g/mol. The molecule has 0 aromatic carbocycles. The minimum atomic E-state index is 0.524. The van der Waals surface area contributed by atoms with Crippen molar-refractivity contribution in [1.82, 2.24) is 4.98 Å². The lowest BCUT2D eigenvalue weighted by molar-refractivity contribution is 0.0851. The first-order valence-corrected chi connectivity index (χ1v) is 5.76. The Morgan fingerprint density at radius 1 is 1.44 bits per heavy atom. The zero-order valence-electron chi connectivity index (χ0n) is 9.70. The molecule has 1 aromatic rings. The second kappa shape index (κ2) is 4.80. The molecule has 0 spiro atoms. The number of hydrogen-bond acceptors (Lipinski definition) is 4. The molecule has 16 heavy (non-hydrogen) atoms. The lowest BCUT2D eigenvalue weighted by atomic mass is 9.88. The summed E-state index contributed by atoms with van der Waals surface area (Å²) >= 11 is 0. The van der Waals surface area contributed by atoms with Gasteiger partial charge in [0.05, 0.1) is 0 Å². The zero-order chi connectivity index (χ0) is 11.5. The van der Waals surface area contributed by atoms with E-state index in [1.807, 2.05) is 13.0 Å². The number of aryl methyl sites for hydroxylation is 1. The van der Waals surface area contributed by atoms with E-state index in [0.29, 0.717) is 18.3 Å². The number of hydrogen-bond donors (Lipinski definition) is 2. The van der Waals surface area contributed by atoms with E-state index in [1.165, 1.54) is 5.56 Å². The van der Waals surface area contributed by atoms with Gasteiger partial charge >= 0.3 is 0 Å². The summed E-state index contributed by atoms with van der Waals surface area (Å²) in [5, 5.41) is 0. The fraction of sp³-hybridized carbons (Fsp3) is 0.583. The highest BCUT2D eigenvalue weighted by atomic mass is 16.5.